The standard InChI is InChI=1S/C16H19N3OS/c1-10-18-15(9-21-10)11-4-2-5-12(8-11)19-16(20)13-6-3-7-14(13)17/h2,4-5,8-9,13-14H,3,6-7,17H2,1H3,(H,19,20). The summed E-state index contributed by atoms with van der Waals surface area (Å²) in [6.45, 7) is 1.99. The minimum atomic E-state index is -0.0600. The number of carbonyl (C=O) groups excluding carboxylic acids is 1. The molecular weight excluding hydrogens is 282 g/mol. The summed E-state index contributed by atoms with van der Waals surface area (Å²) in [6, 6.07) is 7.81. The minimum Gasteiger partial charge on any atom is -0.327 e. The van der Waals surface area contributed by atoms with Crippen LogP contribution in [0.15, 0.2) is 29.6 Å². The molecule has 1 aliphatic carbocycles. The van der Waals surface area contributed by atoms with Crippen LogP contribution in [0.25, 0.3) is 11.3 Å². The quantitative estimate of drug-likeness (QED) is 0.915. The van der Waals surface area contributed by atoms with Crippen molar-refractivity contribution in [3.8, 4) is 11.3 Å². The first kappa shape index (κ1) is 14.2. The molecule has 1 amide bonds. The van der Waals surface area contributed by atoms with Crippen LogP contribution < -0.4 is 11.1 Å². The molecule has 2 unspecified atom stereocenters. The maximum absolute atomic E-state index is 12.3. The van der Waals surface area contributed by atoms with Crippen molar-refractivity contribution < 1.29 is 4.79 Å². The van der Waals surface area contributed by atoms with Crippen molar-refractivity contribution in [2.45, 2.75) is 32.2 Å². The number of carbonyl (C=O) groups is 1. The molecule has 3 N–H and O–H groups in total. The van der Waals surface area contributed by atoms with Gasteiger partial charge in [0.15, 0.2) is 0 Å². The van der Waals surface area contributed by atoms with E-state index in [9.17, 15) is 4.79 Å². The normalized spacial score (nSPS) is 21.4. The second kappa shape index (κ2) is 5.95. The van der Waals surface area contributed by atoms with Crippen molar-refractivity contribution >= 4 is 22.9 Å². The molecule has 1 heterocycles. The van der Waals surface area contributed by atoms with Crippen molar-refractivity contribution in [1.29, 1.82) is 0 Å². The topological polar surface area (TPSA) is 68.0 Å². The third-order valence-corrected chi connectivity index (χ3v) is 4.72. The first-order valence-corrected chi connectivity index (χ1v) is 8.10. The van der Waals surface area contributed by atoms with Crippen molar-refractivity contribution in [2.75, 3.05) is 5.32 Å². The zero-order valence-electron chi connectivity index (χ0n) is 12.0. The number of anilines is 1. The Hall–Kier alpha value is -1.72. The molecule has 2 atom stereocenters. The number of nitrogens with zero attached hydrogens (tertiary/aromatic N) is 1. The summed E-state index contributed by atoms with van der Waals surface area (Å²) >= 11 is 1.62. The molecule has 0 aliphatic heterocycles. The van der Waals surface area contributed by atoms with Crippen molar-refractivity contribution in [3.63, 3.8) is 0 Å². The Kier molecular flexibility index (Phi) is 4.03. The zero-order valence-corrected chi connectivity index (χ0v) is 12.8. The average Bonchev–Trinajstić information content (AvgIpc) is 3.08. The fourth-order valence-electron chi connectivity index (χ4n) is 2.80. The number of aryl methyl sites for hydroxylation is 1. The zero-order chi connectivity index (χ0) is 14.8. The molecule has 4 nitrogen and oxygen atoms in total. The van der Waals surface area contributed by atoms with Crippen LogP contribution in [0.1, 0.15) is 24.3 Å². The second-order valence-electron chi connectivity index (χ2n) is 5.52. The molecule has 110 valence electrons. The number of hydrogen-bond acceptors (Lipinski definition) is 4. The van der Waals surface area contributed by atoms with Crippen LogP contribution in [-0.2, 0) is 4.79 Å². The van der Waals surface area contributed by atoms with Gasteiger partial charge in [0.25, 0.3) is 0 Å². The summed E-state index contributed by atoms with van der Waals surface area (Å²) in [5.74, 6) is -0.0261. The predicted molar refractivity (Wildman–Crippen MR) is 86.2 cm³/mol. The maximum Gasteiger partial charge on any atom is 0.229 e. The first-order valence-electron chi connectivity index (χ1n) is 7.22. The van der Waals surface area contributed by atoms with Gasteiger partial charge in [-0.15, -0.1) is 11.3 Å². The number of nitrogens with two attached hydrogens (primary N) is 1. The maximum atomic E-state index is 12.3. The highest BCUT2D eigenvalue weighted by atomic mass is 32.1. The third kappa shape index (κ3) is 3.14. The van der Waals surface area contributed by atoms with Crippen molar-refractivity contribution in [1.82, 2.24) is 4.98 Å². The molecule has 2 aromatic rings. The highest BCUT2D eigenvalue weighted by Gasteiger charge is 2.30. The van der Waals surface area contributed by atoms with E-state index in [2.05, 4.69) is 10.3 Å². The fraction of sp³-hybridized carbons (Fsp3) is 0.375. The fourth-order valence-corrected chi connectivity index (χ4v) is 3.42. The van der Waals surface area contributed by atoms with Crippen molar-refractivity contribution in [2.24, 2.45) is 11.7 Å². The van der Waals surface area contributed by atoms with Gasteiger partial charge in [0.1, 0.15) is 0 Å². The summed E-state index contributed by atoms with van der Waals surface area (Å²) in [6.07, 6.45) is 2.87. The Morgan fingerprint density at radius 1 is 1.43 bits per heavy atom. The molecule has 1 fully saturated rings. The summed E-state index contributed by atoms with van der Waals surface area (Å²) in [4.78, 5) is 16.7. The van der Waals surface area contributed by atoms with E-state index in [-0.39, 0.29) is 17.9 Å². The monoisotopic (exact) mass is 301 g/mol. The first-order chi connectivity index (χ1) is 10.1. The number of benzene rings is 1. The van der Waals surface area contributed by atoms with Gasteiger partial charge in [-0.3, -0.25) is 4.79 Å². The highest BCUT2D eigenvalue weighted by Crippen LogP contribution is 2.27. The van der Waals surface area contributed by atoms with Gasteiger partial charge in [-0.1, -0.05) is 18.6 Å². The Bertz CT molecular complexity index is 652. The van der Waals surface area contributed by atoms with E-state index in [0.717, 1.165) is 41.2 Å². The average molecular weight is 301 g/mol. The van der Waals surface area contributed by atoms with E-state index in [1.165, 1.54) is 0 Å². The molecule has 1 aromatic carbocycles. The second-order valence-corrected chi connectivity index (χ2v) is 6.59. The van der Waals surface area contributed by atoms with Crippen LogP contribution in [0.3, 0.4) is 0 Å². The Balaban J connectivity index is 1.76. The van der Waals surface area contributed by atoms with Crippen LogP contribution in [-0.4, -0.2) is 16.9 Å². The number of thiazole rings is 1. The van der Waals surface area contributed by atoms with E-state index in [1.54, 1.807) is 11.3 Å². The van der Waals surface area contributed by atoms with Gasteiger partial charge < -0.3 is 11.1 Å². The van der Waals surface area contributed by atoms with Gasteiger partial charge in [-0.2, -0.15) is 0 Å². The van der Waals surface area contributed by atoms with Crippen LogP contribution in [0, 0.1) is 12.8 Å². The molecule has 5 heteroatoms. The SMILES string of the molecule is Cc1nc(-c2cccc(NC(=O)C3CCCC3N)c2)cs1. The summed E-state index contributed by atoms with van der Waals surface area (Å²) in [7, 11) is 0. The van der Waals surface area contributed by atoms with E-state index < -0.39 is 0 Å². The summed E-state index contributed by atoms with van der Waals surface area (Å²) in [5, 5.41) is 6.06. The lowest BCUT2D eigenvalue weighted by molar-refractivity contribution is -0.120. The van der Waals surface area contributed by atoms with E-state index in [4.69, 9.17) is 5.73 Å². The minimum absolute atomic E-state index is 0.00521. The molecule has 1 aromatic heterocycles. The van der Waals surface area contributed by atoms with Crippen molar-refractivity contribution in [3.05, 3.63) is 34.7 Å². The Labute approximate surface area is 128 Å². The summed E-state index contributed by atoms with van der Waals surface area (Å²) in [5.41, 5.74) is 8.77. The molecule has 21 heavy (non-hydrogen) atoms. The number of rotatable bonds is 3. The smallest absolute Gasteiger partial charge is 0.229 e. The summed E-state index contributed by atoms with van der Waals surface area (Å²) < 4.78 is 0. The van der Waals surface area contributed by atoms with Gasteiger partial charge >= 0.3 is 0 Å². The van der Waals surface area contributed by atoms with Gasteiger partial charge in [-0.25, -0.2) is 4.98 Å². The molecule has 0 saturated heterocycles. The molecule has 1 aliphatic rings. The molecule has 3 rings (SSSR count). The Morgan fingerprint density at radius 3 is 2.95 bits per heavy atom. The molecular formula is C16H19N3OS. The van der Waals surface area contributed by atoms with Crippen LogP contribution in [0.2, 0.25) is 0 Å². The number of hydrogen-bond donors (Lipinski definition) is 2. The molecule has 0 bridgehead atoms. The van der Waals surface area contributed by atoms with E-state index in [0.29, 0.717) is 0 Å². The van der Waals surface area contributed by atoms with Gasteiger partial charge in [0, 0.05) is 22.7 Å². The lowest BCUT2D eigenvalue weighted by Crippen LogP contribution is -2.34. The molecule has 1 saturated carbocycles. The third-order valence-electron chi connectivity index (χ3n) is 3.95. The lowest BCUT2D eigenvalue weighted by Gasteiger charge is -2.15. The number of nitrogens with one attached hydrogen (secondary N) is 1. The van der Waals surface area contributed by atoms with Crippen LogP contribution >= 0.6 is 11.3 Å². The number of amides is 1. The lowest BCUT2D eigenvalue weighted by atomic mass is 10.0. The molecule has 0 radical (unpaired) electrons. The van der Waals surface area contributed by atoms with Crippen LogP contribution in [0.5, 0.6) is 0 Å². The van der Waals surface area contributed by atoms with Gasteiger partial charge in [0.05, 0.1) is 16.6 Å². The van der Waals surface area contributed by atoms with Gasteiger partial charge in [0.2, 0.25) is 5.91 Å². The highest BCUT2D eigenvalue weighted by molar-refractivity contribution is 7.09. The van der Waals surface area contributed by atoms with E-state index in [1.807, 2.05) is 36.6 Å². The molecule has 0 spiro atoms. The Morgan fingerprint density at radius 2 is 2.29 bits per heavy atom. The number of aromatic nitrogens is 1. The van der Waals surface area contributed by atoms with Crippen LogP contribution in [0.4, 0.5) is 5.69 Å². The van der Waals surface area contributed by atoms with E-state index >= 15 is 0 Å². The predicted octanol–water partition coefficient (Wildman–Crippen LogP) is 3.18. The largest absolute Gasteiger partial charge is 0.327 e. The van der Waals surface area contributed by atoms with Gasteiger partial charge in [-0.05, 0) is 31.9 Å².